The predicted octanol–water partition coefficient (Wildman–Crippen LogP) is 4.98. The Hall–Kier alpha value is -1.08. The summed E-state index contributed by atoms with van der Waals surface area (Å²) in [6.07, 6.45) is 6.21. The van der Waals surface area contributed by atoms with Gasteiger partial charge >= 0.3 is 0 Å². The Kier molecular flexibility index (Phi) is 4.81. The molecule has 19 heavy (non-hydrogen) atoms. The van der Waals surface area contributed by atoms with Crippen molar-refractivity contribution < 1.29 is 4.74 Å². The summed E-state index contributed by atoms with van der Waals surface area (Å²) in [5.41, 5.74) is 3.33. The lowest BCUT2D eigenvalue weighted by Crippen LogP contribution is -1.94. The lowest BCUT2D eigenvalue weighted by atomic mass is 10.0. The van der Waals surface area contributed by atoms with Crippen molar-refractivity contribution >= 4 is 0 Å². The van der Waals surface area contributed by atoms with E-state index in [-0.39, 0.29) is 0 Å². The standard InChI is InChI=1S/C18H26O/c1-15(9-10-17-13-18(17,2)3)11-12-19-14-16-7-5-4-6-8-16/h4-8,11,17H,9-10,12-14H2,1-3H3/b15-11+. The van der Waals surface area contributed by atoms with Crippen LogP contribution >= 0.6 is 0 Å². The molecule has 1 nitrogen and oxygen atoms in total. The van der Waals surface area contributed by atoms with E-state index in [0.717, 1.165) is 12.5 Å². The van der Waals surface area contributed by atoms with Crippen LogP contribution in [0.3, 0.4) is 0 Å². The quantitative estimate of drug-likeness (QED) is 0.495. The number of benzene rings is 1. The van der Waals surface area contributed by atoms with Crippen LogP contribution in [0.1, 0.15) is 45.6 Å². The summed E-state index contributed by atoms with van der Waals surface area (Å²) in [7, 11) is 0. The monoisotopic (exact) mass is 258 g/mol. The highest BCUT2D eigenvalue weighted by Crippen LogP contribution is 2.54. The van der Waals surface area contributed by atoms with Crippen LogP contribution in [0.25, 0.3) is 0 Å². The van der Waals surface area contributed by atoms with E-state index in [4.69, 9.17) is 4.74 Å². The van der Waals surface area contributed by atoms with Crippen molar-refractivity contribution in [2.24, 2.45) is 11.3 Å². The molecule has 0 amide bonds. The molecule has 0 radical (unpaired) electrons. The van der Waals surface area contributed by atoms with E-state index < -0.39 is 0 Å². The third-order valence-electron chi connectivity index (χ3n) is 4.27. The first kappa shape index (κ1) is 14.3. The topological polar surface area (TPSA) is 9.23 Å². The lowest BCUT2D eigenvalue weighted by Gasteiger charge is -2.05. The molecule has 104 valence electrons. The third-order valence-corrected chi connectivity index (χ3v) is 4.27. The molecule has 1 fully saturated rings. The molecule has 1 aromatic rings. The Labute approximate surface area is 117 Å². The van der Waals surface area contributed by atoms with Gasteiger partial charge in [-0.2, -0.15) is 0 Å². The molecule has 1 aliphatic rings. The van der Waals surface area contributed by atoms with Gasteiger partial charge in [0.05, 0.1) is 13.2 Å². The first-order valence-corrected chi connectivity index (χ1v) is 7.35. The summed E-state index contributed by atoms with van der Waals surface area (Å²) in [6.45, 7) is 8.41. The molecule has 2 rings (SSSR count). The maximum absolute atomic E-state index is 5.68. The third kappa shape index (κ3) is 4.83. The van der Waals surface area contributed by atoms with E-state index in [2.05, 4.69) is 51.1 Å². The van der Waals surface area contributed by atoms with Gasteiger partial charge in [-0.05, 0) is 43.1 Å². The molecule has 1 heteroatoms. The average molecular weight is 258 g/mol. The Balaban J connectivity index is 1.60. The molecular weight excluding hydrogens is 232 g/mol. The molecule has 1 saturated carbocycles. The number of hydrogen-bond acceptors (Lipinski definition) is 1. The summed E-state index contributed by atoms with van der Waals surface area (Å²) >= 11 is 0. The van der Waals surface area contributed by atoms with Gasteiger partial charge in [-0.25, -0.2) is 0 Å². The molecule has 1 unspecified atom stereocenters. The maximum atomic E-state index is 5.68. The van der Waals surface area contributed by atoms with Crippen LogP contribution in [0.2, 0.25) is 0 Å². The zero-order chi connectivity index (χ0) is 13.7. The number of rotatable bonds is 7. The van der Waals surface area contributed by atoms with Crippen molar-refractivity contribution in [1.29, 1.82) is 0 Å². The molecule has 0 N–H and O–H groups in total. The SMILES string of the molecule is C/C(=C\COCc1ccccc1)CCC1CC1(C)C. The summed E-state index contributed by atoms with van der Waals surface area (Å²) in [4.78, 5) is 0. The molecule has 1 aromatic carbocycles. The second-order valence-electron chi connectivity index (χ2n) is 6.48. The highest BCUT2D eigenvalue weighted by atomic mass is 16.5. The lowest BCUT2D eigenvalue weighted by molar-refractivity contribution is 0.148. The zero-order valence-corrected chi connectivity index (χ0v) is 12.5. The molecule has 0 saturated heterocycles. The van der Waals surface area contributed by atoms with Gasteiger partial charge in [0.1, 0.15) is 0 Å². The van der Waals surface area contributed by atoms with Gasteiger partial charge < -0.3 is 4.74 Å². The van der Waals surface area contributed by atoms with Gasteiger partial charge in [-0.1, -0.05) is 55.8 Å². The van der Waals surface area contributed by atoms with Crippen LogP contribution in [0, 0.1) is 11.3 Å². The van der Waals surface area contributed by atoms with Crippen molar-refractivity contribution in [2.75, 3.05) is 6.61 Å². The largest absolute Gasteiger partial charge is 0.373 e. The number of allylic oxidation sites excluding steroid dienone is 1. The predicted molar refractivity (Wildman–Crippen MR) is 81.0 cm³/mol. The van der Waals surface area contributed by atoms with Crippen LogP contribution in [-0.2, 0) is 11.3 Å². The van der Waals surface area contributed by atoms with E-state index in [1.807, 2.05) is 6.07 Å². The van der Waals surface area contributed by atoms with Gasteiger partial charge in [0.2, 0.25) is 0 Å². The van der Waals surface area contributed by atoms with E-state index in [9.17, 15) is 0 Å². The Morgan fingerprint density at radius 2 is 2.00 bits per heavy atom. The maximum Gasteiger partial charge on any atom is 0.0721 e. The second-order valence-corrected chi connectivity index (χ2v) is 6.48. The van der Waals surface area contributed by atoms with E-state index >= 15 is 0 Å². The van der Waals surface area contributed by atoms with Crippen LogP contribution in [-0.4, -0.2) is 6.61 Å². The first-order valence-electron chi connectivity index (χ1n) is 7.35. The van der Waals surface area contributed by atoms with E-state index in [1.165, 1.54) is 30.4 Å². The summed E-state index contributed by atoms with van der Waals surface area (Å²) < 4.78 is 5.68. The molecular formula is C18H26O. The van der Waals surface area contributed by atoms with Crippen molar-refractivity contribution in [2.45, 2.75) is 46.6 Å². The van der Waals surface area contributed by atoms with E-state index in [1.54, 1.807) is 0 Å². The molecule has 0 spiro atoms. The molecule has 0 aliphatic heterocycles. The molecule has 1 aliphatic carbocycles. The number of ether oxygens (including phenoxy) is 1. The minimum Gasteiger partial charge on any atom is -0.373 e. The molecule has 0 heterocycles. The smallest absolute Gasteiger partial charge is 0.0721 e. The Morgan fingerprint density at radius 1 is 1.32 bits per heavy atom. The van der Waals surface area contributed by atoms with Crippen molar-refractivity contribution in [3.63, 3.8) is 0 Å². The summed E-state index contributed by atoms with van der Waals surface area (Å²) in [5, 5.41) is 0. The first-order chi connectivity index (χ1) is 9.08. The van der Waals surface area contributed by atoms with Gasteiger partial charge in [0.25, 0.3) is 0 Å². The molecule has 0 aromatic heterocycles. The van der Waals surface area contributed by atoms with Crippen LogP contribution in [0.5, 0.6) is 0 Å². The fourth-order valence-electron chi connectivity index (χ4n) is 2.53. The van der Waals surface area contributed by atoms with Gasteiger partial charge in [0, 0.05) is 0 Å². The summed E-state index contributed by atoms with van der Waals surface area (Å²) in [6, 6.07) is 10.3. The van der Waals surface area contributed by atoms with Crippen LogP contribution in [0.15, 0.2) is 42.0 Å². The highest BCUT2D eigenvalue weighted by Gasteiger charge is 2.44. The van der Waals surface area contributed by atoms with Crippen molar-refractivity contribution in [3.05, 3.63) is 47.5 Å². The van der Waals surface area contributed by atoms with Gasteiger partial charge in [-0.15, -0.1) is 0 Å². The van der Waals surface area contributed by atoms with Crippen LogP contribution < -0.4 is 0 Å². The average Bonchev–Trinajstić information content (AvgIpc) is 3.01. The fourth-order valence-corrected chi connectivity index (χ4v) is 2.53. The van der Waals surface area contributed by atoms with Crippen LogP contribution in [0.4, 0.5) is 0 Å². The van der Waals surface area contributed by atoms with Gasteiger partial charge in [-0.3, -0.25) is 0 Å². The normalized spacial score (nSPS) is 21.4. The Bertz CT molecular complexity index is 417. The minimum atomic E-state index is 0.615. The number of hydrogen-bond donors (Lipinski definition) is 0. The van der Waals surface area contributed by atoms with Gasteiger partial charge in [0.15, 0.2) is 0 Å². The minimum absolute atomic E-state index is 0.615. The fraction of sp³-hybridized carbons (Fsp3) is 0.556. The zero-order valence-electron chi connectivity index (χ0n) is 12.5. The van der Waals surface area contributed by atoms with Crippen molar-refractivity contribution in [3.8, 4) is 0 Å². The Morgan fingerprint density at radius 3 is 2.63 bits per heavy atom. The second kappa shape index (κ2) is 6.38. The molecule has 0 bridgehead atoms. The van der Waals surface area contributed by atoms with E-state index in [0.29, 0.717) is 12.0 Å². The molecule has 1 atom stereocenters. The highest BCUT2D eigenvalue weighted by molar-refractivity contribution is 5.13. The van der Waals surface area contributed by atoms with Crippen molar-refractivity contribution in [1.82, 2.24) is 0 Å². The summed E-state index contributed by atoms with van der Waals surface area (Å²) in [5.74, 6) is 0.945.